The maximum Gasteiger partial charge on any atom is 0.407 e. The van der Waals surface area contributed by atoms with Crippen LogP contribution in [0.2, 0.25) is 0 Å². The molecule has 130 valence electrons. The van der Waals surface area contributed by atoms with E-state index in [0.29, 0.717) is 18.5 Å². The van der Waals surface area contributed by atoms with Gasteiger partial charge in [-0.2, -0.15) is 0 Å². The van der Waals surface area contributed by atoms with Gasteiger partial charge in [0.2, 0.25) is 0 Å². The third kappa shape index (κ3) is 6.51. The van der Waals surface area contributed by atoms with Gasteiger partial charge in [0.25, 0.3) is 0 Å². The third-order valence-electron chi connectivity index (χ3n) is 2.81. The topological polar surface area (TPSA) is 113 Å². The zero-order chi connectivity index (χ0) is 18.3. The fraction of sp³-hybridized carbons (Fsp3) is 0.353. The van der Waals surface area contributed by atoms with Crippen molar-refractivity contribution >= 4 is 24.1 Å². The first-order valence-corrected chi connectivity index (χ1v) is 7.34. The average Bonchev–Trinajstić information content (AvgIpc) is 2.44. The predicted octanol–water partition coefficient (Wildman–Crippen LogP) is 3.01. The van der Waals surface area contributed by atoms with Crippen LogP contribution in [0.25, 0.3) is 6.08 Å². The van der Waals surface area contributed by atoms with Gasteiger partial charge in [0.15, 0.2) is 0 Å². The molecule has 0 aliphatic rings. The molecule has 0 saturated carbocycles. The lowest BCUT2D eigenvalue weighted by Gasteiger charge is -2.19. The Balaban J connectivity index is 2.63. The summed E-state index contributed by atoms with van der Waals surface area (Å²) < 4.78 is 5.08. The number of hydrogen-bond donors (Lipinski definition) is 3. The highest BCUT2D eigenvalue weighted by Crippen LogP contribution is 2.15. The number of hydrogen-bond acceptors (Lipinski definition) is 4. The molecule has 0 aliphatic heterocycles. The van der Waals surface area contributed by atoms with Gasteiger partial charge in [0.1, 0.15) is 5.60 Å². The Hall–Kier alpha value is -2.83. The molecule has 0 radical (unpaired) electrons. The molecule has 1 rings (SSSR count). The highest BCUT2D eigenvalue weighted by molar-refractivity contribution is 5.96. The maximum atomic E-state index is 11.4. The van der Waals surface area contributed by atoms with Gasteiger partial charge in [0, 0.05) is 6.54 Å². The van der Waals surface area contributed by atoms with Crippen LogP contribution in [-0.4, -0.2) is 40.4 Å². The van der Waals surface area contributed by atoms with E-state index in [1.54, 1.807) is 32.9 Å². The largest absolute Gasteiger partial charge is 0.478 e. The number of carboxylic acid groups (broad SMARTS) is 2. The lowest BCUT2D eigenvalue weighted by molar-refractivity contribution is 0.0527. The van der Waals surface area contributed by atoms with E-state index in [-0.39, 0.29) is 11.1 Å². The van der Waals surface area contributed by atoms with E-state index in [9.17, 15) is 14.4 Å². The van der Waals surface area contributed by atoms with Crippen molar-refractivity contribution < 1.29 is 29.3 Å². The van der Waals surface area contributed by atoms with Crippen molar-refractivity contribution in [3.05, 3.63) is 41.0 Å². The fourth-order valence-corrected chi connectivity index (χ4v) is 1.80. The lowest BCUT2D eigenvalue weighted by Crippen LogP contribution is -2.32. The Bertz CT molecular complexity index is 658. The molecule has 0 aliphatic carbocycles. The Morgan fingerprint density at radius 3 is 2.38 bits per heavy atom. The molecular formula is C17H21NO6. The van der Waals surface area contributed by atoms with Crippen LogP contribution in [0.3, 0.4) is 0 Å². The summed E-state index contributed by atoms with van der Waals surface area (Å²) in [5.74, 6) is -2.39. The minimum Gasteiger partial charge on any atom is -0.478 e. The number of alkyl carbamates (subject to hydrolysis) is 1. The molecule has 3 N–H and O–H groups in total. The SMILES string of the molecule is CC(C)(C)OC(=O)NCCC=Cc1ccc(C(=O)O)cc1C(=O)O. The fourth-order valence-electron chi connectivity index (χ4n) is 1.80. The molecule has 1 aromatic carbocycles. The van der Waals surface area contributed by atoms with Crippen molar-refractivity contribution in [1.82, 2.24) is 5.32 Å². The molecule has 0 spiro atoms. The monoisotopic (exact) mass is 335 g/mol. The number of aromatic carboxylic acids is 2. The van der Waals surface area contributed by atoms with Gasteiger partial charge < -0.3 is 20.3 Å². The van der Waals surface area contributed by atoms with Crippen LogP contribution in [0.5, 0.6) is 0 Å². The van der Waals surface area contributed by atoms with Gasteiger partial charge in [-0.1, -0.05) is 18.2 Å². The molecule has 0 saturated heterocycles. The second kappa shape index (κ2) is 8.14. The number of rotatable bonds is 6. The molecule has 0 heterocycles. The van der Waals surface area contributed by atoms with Crippen molar-refractivity contribution in [2.75, 3.05) is 6.54 Å². The smallest absolute Gasteiger partial charge is 0.407 e. The number of amides is 1. The standard InChI is InChI=1S/C17H21NO6/c1-17(2,3)24-16(23)18-9-5-4-6-11-7-8-12(14(19)20)10-13(11)15(21)22/h4,6-8,10H,5,9H2,1-3H3,(H,18,23)(H,19,20)(H,21,22). The maximum absolute atomic E-state index is 11.4. The number of carbonyl (C=O) groups is 3. The van der Waals surface area contributed by atoms with Crippen LogP contribution in [0.15, 0.2) is 24.3 Å². The molecule has 0 bridgehead atoms. The Morgan fingerprint density at radius 2 is 1.83 bits per heavy atom. The molecule has 0 atom stereocenters. The highest BCUT2D eigenvalue weighted by atomic mass is 16.6. The number of ether oxygens (including phenoxy) is 1. The number of carbonyl (C=O) groups excluding carboxylic acids is 1. The van der Waals surface area contributed by atoms with E-state index in [1.165, 1.54) is 12.1 Å². The summed E-state index contributed by atoms with van der Waals surface area (Å²) >= 11 is 0. The summed E-state index contributed by atoms with van der Waals surface area (Å²) in [6, 6.07) is 3.89. The van der Waals surface area contributed by atoms with Gasteiger partial charge in [-0.15, -0.1) is 0 Å². The highest BCUT2D eigenvalue weighted by Gasteiger charge is 2.15. The average molecular weight is 335 g/mol. The first-order valence-electron chi connectivity index (χ1n) is 7.34. The molecule has 0 aromatic heterocycles. The van der Waals surface area contributed by atoms with Crippen LogP contribution in [0, 0.1) is 0 Å². The first-order chi connectivity index (χ1) is 11.1. The van der Waals surface area contributed by atoms with E-state index >= 15 is 0 Å². The molecule has 7 heteroatoms. The van der Waals surface area contributed by atoms with E-state index < -0.39 is 23.6 Å². The third-order valence-corrected chi connectivity index (χ3v) is 2.81. The van der Waals surface area contributed by atoms with Crippen LogP contribution in [0.1, 0.15) is 53.5 Å². The van der Waals surface area contributed by atoms with Gasteiger partial charge in [0.05, 0.1) is 11.1 Å². The molecule has 1 aromatic rings. The van der Waals surface area contributed by atoms with Crippen molar-refractivity contribution in [2.45, 2.75) is 32.8 Å². The van der Waals surface area contributed by atoms with Crippen LogP contribution >= 0.6 is 0 Å². The number of benzene rings is 1. The minimum atomic E-state index is -1.20. The quantitative estimate of drug-likeness (QED) is 0.689. The van der Waals surface area contributed by atoms with E-state index in [4.69, 9.17) is 14.9 Å². The summed E-state index contributed by atoms with van der Waals surface area (Å²) in [4.78, 5) is 33.5. The van der Waals surface area contributed by atoms with Crippen LogP contribution in [-0.2, 0) is 4.74 Å². The zero-order valence-electron chi connectivity index (χ0n) is 13.8. The zero-order valence-corrected chi connectivity index (χ0v) is 13.8. The van der Waals surface area contributed by atoms with Crippen molar-refractivity contribution in [2.24, 2.45) is 0 Å². The van der Waals surface area contributed by atoms with Gasteiger partial charge >= 0.3 is 18.0 Å². The molecule has 1 amide bonds. The Labute approximate surface area is 139 Å². The summed E-state index contributed by atoms with van der Waals surface area (Å²) in [5, 5.41) is 20.6. The number of nitrogens with one attached hydrogen (secondary N) is 1. The number of carboxylic acids is 2. The second-order valence-electron chi connectivity index (χ2n) is 6.03. The predicted molar refractivity (Wildman–Crippen MR) is 88.2 cm³/mol. The second-order valence-corrected chi connectivity index (χ2v) is 6.03. The minimum absolute atomic E-state index is 0.0869. The molecule has 24 heavy (non-hydrogen) atoms. The van der Waals surface area contributed by atoms with Gasteiger partial charge in [-0.3, -0.25) is 0 Å². The van der Waals surface area contributed by atoms with Crippen molar-refractivity contribution in [3.63, 3.8) is 0 Å². The lowest BCUT2D eigenvalue weighted by atomic mass is 10.0. The Morgan fingerprint density at radius 1 is 1.17 bits per heavy atom. The molecule has 0 fully saturated rings. The summed E-state index contributed by atoms with van der Waals surface area (Å²) in [6.07, 6.45) is 3.22. The Kier molecular flexibility index (Phi) is 6.52. The molecule has 7 nitrogen and oxygen atoms in total. The summed E-state index contributed by atoms with van der Waals surface area (Å²) in [5.41, 5.74) is -0.352. The van der Waals surface area contributed by atoms with E-state index in [2.05, 4.69) is 5.32 Å². The summed E-state index contributed by atoms with van der Waals surface area (Å²) in [6.45, 7) is 5.63. The van der Waals surface area contributed by atoms with Gasteiger partial charge in [-0.05, 0) is 44.9 Å². The molecular weight excluding hydrogens is 314 g/mol. The normalized spacial score (nSPS) is 11.3. The van der Waals surface area contributed by atoms with E-state index in [0.717, 1.165) is 6.07 Å². The van der Waals surface area contributed by atoms with E-state index in [1.807, 2.05) is 0 Å². The summed E-state index contributed by atoms with van der Waals surface area (Å²) in [7, 11) is 0. The van der Waals surface area contributed by atoms with Crippen LogP contribution in [0.4, 0.5) is 4.79 Å². The van der Waals surface area contributed by atoms with Crippen molar-refractivity contribution in [1.29, 1.82) is 0 Å². The molecule has 0 unspecified atom stereocenters. The van der Waals surface area contributed by atoms with Gasteiger partial charge in [-0.25, -0.2) is 14.4 Å². The van der Waals surface area contributed by atoms with Crippen LogP contribution < -0.4 is 5.32 Å². The van der Waals surface area contributed by atoms with Crippen molar-refractivity contribution in [3.8, 4) is 0 Å². The first kappa shape index (κ1) is 19.2.